The lowest BCUT2D eigenvalue weighted by Crippen LogP contribution is -2.43. The Balaban J connectivity index is 1.71. The minimum Gasteiger partial charge on any atom is -0.335 e. The second-order valence-corrected chi connectivity index (χ2v) is 4.38. The van der Waals surface area contributed by atoms with Crippen molar-refractivity contribution in [3.05, 3.63) is 18.2 Å². The topological polar surface area (TPSA) is 33.1 Å². The van der Waals surface area contributed by atoms with Gasteiger partial charge in [-0.15, -0.1) is 0 Å². The molecule has 2 rings (SSSR count). The summed E-state index contributed by atoms with van der Waals surface area (Å²) in [4.78, 5) is 6.74. The second kappa shape index (κ2) is 6.01. The summed E-state index contributed by atoms with van der Waals surface area (Å²) in [7, 11) is 0. The molecule has 1 fully saturated rings. The third-order valence-electron chi connectivity index (χ3n) is 3.24. The van der Waals surface area contributed by atoms with Crippen molar-refractivity contribution in [3.63, 3.8) is 0 Å². The molecular weight excluding hydrogens is 200 g/mol. The van der Waals surface area contributed by atoms with E-state index < -0.39 is 0 Å². The molecule has 0 aromatic carbocycles. The van der Waals surface area contributed by atoms with Gasteiger partial charge in [0.1, 0.15) is 0 Å². The van der Waals surface area contributed by atoms with Gasteiger partial charge >= 0.3 is 0 Å². The van der Waals surface area contributed by atoms with Crippen LogP contribution in [0.3, 0.4) is 0 Å². The van der Waals surface area contributed by atoms with E-state index in [9.17, 15) is 0 Å². The van der Waals surface area contributed by atoms with E-state index >= 15 is 0 Å². The lowest BCUT2D eigenvalue weighted by molar-refractivity contribution is 0.234. The smallest absolute Gasteiger partial charge is 0.0948 e. The van der Waals surface area contributed by atoms with Crippen molar-refractivity contribution in [3.8, 4) is 0 Å². The minimum atomic E-state index is 1.08. The quantitative estimate of drug-likeness (QED) is 0.798. The Morgan fingerprint density at radius 2 is 2.12 bits per heavy atom. The molecule has 0 radical (unpaired) electrons. The zero-order chi connectivity index (χ0) is 11.2. The van der Waals surface area contributed by atoms with E-state index in [0.29, 0.717) is 0 Å². The summed E-state index contributed by atoms with van der Waals surface area (Å²) >= 11 is 0. The average molecular weight is 222 g/mol. The highest BCUT2D eigenvalue weighted by atomic mass is 15.2. The molecule has 1 aromatic rings. The van der Waals surface area contributed by atoms with E-state index in [2.05, 4.69) is 26.7 Å². The lowest BCUT2D eigenvalue weighted by atomic mass is 10.3. The van der Waals surface area contributed by atoms with Gasteiger partial charge in [-0.25, -0.2) is 4.98 Å². The molecule has 90 valence electrons. The molecule has 0 unspecified atom stereocenters. The minimum absolute atomic E-state index is 1.08. The molecule has 0 spiro atoms. The monoisotopic (exact) mass is 222 g/mol. The molecule has 0 atom stereocenters. The van der Waals surface area contributed by atoms with Crippen LogP contribution in [0.5, 0.6) is 0 Å². The number of rotatable bonds is 5. The molecule has 4 heteroatoms. The van der Waals surface area contributed by atoms with Gasteiger partial charge in [-0.2, -0.15) is 0 Å². The summed E-state index contributed by atoms with van der Waals surface area (Å²) in [6, 6.07) is 0. The van der Waals surface area contributed by atoms with Crippen LogP contribution < -0.4 is 5.32 Å². The van der Waals surface area contributed by atoms with Crippen molar-refractivity contribution >= 4 is 0 Å². The van der Waals surface area contributed by atoms with Crippen LogP contribution in [0.2, 0.25) is 0 Å². The first-order valence-corrected chi connectivity index (χ1v) is 6.32. The number of aryl methyl sites for hydroxylation is 2. The molecule has 1 aliphatic heterocycles. The SMILES string of the molecule is CCc1cncn1CCCN1CCNCC1. The highest BCUT2D eigenvalue weighted by Gasteiger charge is 2.08. The average Bonchev–Trinajstić information content (AvgIpc) is 2.78. The van der Waals surface area contributed by atoms with Gasteiger partial charge in [0.25, 0.3) is 0 Å². The largest absolute Gasteiger partial charge is 0.335 e. The van der Waals surface area contributed by atoms with Gasteiger partial charge in [0.05, 0.1) is 6.33 Å². The van der Waals surface area contributed by atoms with Crippen LogP contribution >= 0.6 is 0 Å². The van der Waals surface area contributed by atoms with E-state index in [1.807, 2.05) is 12.5 Å². The number of hydrogen-bond acceptors (Lipinski definition) is 3. The molecule has 1 aliphatic rings. The van der Waals surface area contributed by atoms with E-state index in [-0.39, 0.29) is 0 Å². The molecule has 0 aliphatic carbocycles. The van der Waals surface area contributed by atoms with Crippen LogP contribution in [-0.2, 0) is 13.0 Å². The van der Waals surface area contributed by atoms with E-state index in [1.165, 1.54) is 31.7 Å². The highest BCUT2D eigenvalue weighted by molar-refractivity contribution is 4.97. The number of piperazine rings is 1. The number of hydrogen-bond donors (Lipinski definition) is 1. The molecule has 0 amide bonds. The molecule has 16 heavy (non-hydrogen) atoms. The van der Waals surface area contributed by atoms with Gasteiger partial charge in [-0.1, -0.05) is 6.92 Å². The Hall–Kier alpha value is -0.870. The predicted octanol–water partition coefficient (Wildman–Crippen LogP) is 0.741. The first-order chi connectivity index (χ1) is 7.90. The molecule has 4 nitrogen and oxygen atoms in total. The van der Waals surface area contributed by atoms with Crippen LogP contribution in [0.15, 0.2) is 12.5 Å². The van der Waals surface area contributed by atoms with Gasteiger partial charge in [-0.05, 0) is 19.4 Å². The maximum Gasteiger partial charge on any atom is 0.0948 e. The Bertz CT molecular complexity index is 302. The van der Waals surface area contributed by atoms with Crippen LogP contribution in [0.1, 0.15) is 19.0 Å². The lowest BCUT2D eigenvalue weighted by Gasteiger charge is -2.27. The normalized spacial score (nSPS) is 17.8. The van der Waals surface area contributed by atoms with Gasteiger partial charge in [0, 0.05) is 44.6 Å². The molecular formula is C12H22N4. The van der Waals surface area contributed by atoms with Crippen LogP contribution in [0.4, 0.5) is 0 Å². The maximum absolute atomic E-state index is 4.20. The fraction of sp³-hybridized carbons (Fsp3) is 0.750. The maximum atomic E-state index is 4.20. The van der Waals surface area contributed by atoms with E-state index in [1.54, 1.807) is 0 Å². The number of aromatic nitrogens is 2. The zero-order valence-corrected chi connectivity index (χ0v) is 10.2. The van der Waals surface area contributed by atoms with Crippen molar-refractivity contribution < 1.29 is 0 Å². The predicted molar refractivity (Wildman–Crippen MR) is 65.5 cm³/mol. The molecule has 2 heterocycles. The first-order valence-electron chi connectivity index (χ1n) is 6.32. The van der Waals surface area contributed by atoms with Crippen molar-refractivity contribution in [2.75, 3.05) is 32.7 Å². The summed E-state index contributed by atoms with van der Waals surface area (Å²) in [6.07, 6.45) is 6.23. The third kappa shape index (κ3) is 3.06. The first kappa shape index (κ1) is 11.6. The summed E-state index contributed by atoms with van der Waals surface area (Å²) in [5.74, 6) is 0. The standard InChI is InChI=1S/C12H22N4/c1-2-12-10-14-11-16(12)7-3-6-15-8-4-13-5-9-15/h10-11,13H,2-9H2,1H3. The molecule has 1 N–H and O–H groups in total. The highest BCUT2D eigenvalue weighted by Crippen LogP contribution is 2.03. The fourth-order valence-corrected chi connectivity index (χ4v) is 2.24. The summed E-state index contributed by atoms with van der Waals surface area (Å²) < 4.78 is 2.28. The molecule has 0 bridgehead atoms. The van der Waals surface area contributed by atoms with Crippen molar-refractivity contribution in [1.29, 1.82) is 0 Å². The van der Waals surface area contributed by atoms with E-state index in [0.717, 1.165) is 26.1 Å². The van der Waals surface area contributed by atoms with Crippen LogP contribution in [0, 0.1) is 0 Å². The van der Waals surface area contributed by atoms with Gasteiger partial charge < -0.3 is 14.8 Å². The molecule has 1 saturated heterocycles. The van der Waals surface area contributed by atoms with Crippen molar-refractivity contribution in [1.82, 2.24) is 19.8 Å². The third-order valence-corrected chi connectivity index (χ3v) is 3.24. The Labute approximate surface area is 97.7 Å². The summed E-state index contributed by atoms with van der Waals surface area (Å²) in [5.41, 5.74) is 1.35. The fourth-order valence-electron chi connectivity index (χ4n) is 2.24. The summed E-state index contributed by atoms with van der Waals surface area (Å²) in [6.45, 7) is 9.19. The van der Waals surface area contributed by atoms with Gasteiger partial charge in [0.2, 0.25) is 0 Å². The number of nitrogens with one attached hydrogen (secondary N) is 1. The Kier molecular flexibility index (Phi) is 4.36. The van der Waals surface area contributed by atoms with Crippen molar-refractivity contribution in [2.45, 2.75) is 26.3 Å². The molecule has 0 saturated carbocycles. The Morgan fingerprint density at radius 3 is 2.88 bits per heavy atom. The zero-order valence-electron chi connectivity index (χ0n) is 10.2. The van der Waals surface area contributed by atoms with Crippen LogP contribution in [0.25, 0.3) is 0 Å². The second-order valence-electron chi connectivity index (χ2n) is 4.38. The van der Waals surface area contributed by atoms with Gasteiger partial charge in [0.15, 0.2) is 0 Å². The molecule has 1 aromatic heterocycles. The Morgan fingerprint density at radius 1 is 1.31 bits per heavy atom. The van der Waals surface area contributed by atoms with E-state index in [4.69, 9.17) is 0 Å². The summed E-state index contributed by atoms with van der Waals surface area (Å²) in [5, 5.41) is 3.38. The van der Waals surface area contributed by atoms with Crippen LogP contribution in [-0.4, -0.2) is 47.2 Å². The van der Waals surface area contributed by atoms with Crippen molar-refractivity contribution in [2.24, 2.45) is 0 Å². The van der Waals surface area contributed by atoms with Gasteiger partial charge in [-0.3, -0.25) is 0 Å². The number of imidazole rings is 1. The number of nitrogens with zero attached hydrogens (tertiary/aromatic N) is 3.